The molecule has 0 spiro atoms. The Labute approximate surface area is 98.2 Å². The summed E-state index contributed by atoms with van der Waals surface area (Å²) in [5.41, 5.74) is -0.0601. The first kappa shape index (κ1) is 12.9. The highest BCUT2D eigenvalue weighted by Gasteiger charge is 2.09. The molecule has 0 N–H and O–H groups in total. The second-order valence-electron chi connectivity index (χ2n) is 3.38. The van der Waals surface area contributed by atoms with Crippen molar-refractivity contribution in [1.82, 2.24) is 4.98 Å². The third-order valence-corrected chi connectivity index (χ3v) is 2.21. The number of pyridine rings is 1. The van der Waals surface area contributed by atoms with Gasteiger partial charge in [-0.1, -0.05) is 0 Å². The Morgan fingerprint density at radius 2 is 2.29 bits per heavy atom. The minimum absolute atomic E-state index is 0.0601. The number of rotatable bonds is 5. The van der Waals surface area contributed by atoms with E-state index in [0.29, 0.717) is 12.4 Å². The van der Waals surface area contributed by atoms with Crippen LogP contribution in [0.15, 0.2) is 18.3 Å². The van der Waals surface area contributed by atoms with E-state index in [1.54, 1.807) is 11.9 Å². The minimum Gasteiger partial charge on any atom is -0.469 e. The summed E-state index contributed by atoms with van der Waals surface area (Å²) in [6.45, 7) is 0.442. The molecule has 0 saturated heterocycles. The fourth-order valence-electron chi connectivity index (χ4n) is 1.19. The number of nitro groups is 1. The number of hydrogen-bond acceptors (Lipinski definition) is 6. The summed E-state index contributed by atoms with van der Waals surface area (Å²) in [6.07, 6.45) is 1.43. The first-order valence-electron chi connectivity index (χ1n) is 4.93. The van der Waals surface area contributed by atoms with Crippen LogP contribution in [0, 0.1) is 10.1 Å². The number of nitrogens with zero attached hydrogens (tertiary/aromatic N) is 3. The molecule has 0 aliphatic carbocycles. The lowest BCUT2D eigenvalue weighted by atomic mass is 10.3. The highest BCUT2D eigenvalue weighted by atomic mass is 16.6. The second kappa shape index (κ2) is 5.78. The predicted octanol–water partition coefficient (Wildman–Crippen LogP) is 0.989. The van der Waals surface area contributed by atoms with Gasteiger partial charge in [0.05, 0.1) is 18.5 Å². The molecule has 1 rings (SSSR count). The average molecular weight is 239 g/mol. The SMILES string of the molecule is COC(=O)CCN(C)c1ccc([N+](=O)[O-])cn1. The Morgan fingerprint density at radius 3 is 2.76 bits per heavy atom. The minimum atomic E-state index is -0.509. The smallest absolute Gasteiger partial charge is 0.307 e. The van der Waals surface area contributed by atoms with Crippen molar-refractivity contribution in [2.45, 2.75) is 6.42 Å². The van der Waals surface area contributed by atoms with E-state index in [1.165, 1.54) is 25.4 Å². The lowest BCUT2D eigenvalue weighted by Crippen LogP contribution is -2.22. The zero-order valence-corrected chi connectivity index (χ0v) is 9.62. The first-order chi connectivity index (χ1) is 8.04. The molecule has 1 aromatic rings. The van der Waals surface area contributed by atoms with Crippen LogP contribution in [-0.2, 0) is 9.53 Å². The first-order valence-corrected chi connectivity index (χ1v) is 4.93. The number of anilines is 1. The van der Waals surface area contributed by atoms with Gasteiger partial charge in [-0.25, -0.2) is 4.98 Å². The normalized spacial score (nSPS) is 9.76. The van der Waals surface area contributed by atoms with Gasteiger partial charge in [0, 0.05) is 19.7 Å². The monoisotopic (exact) mass is 239 g/mol. The van der Waals surface area contributed by atoms with Crippen LogP contribution >= 0.6 is 0 Å². The van der Waals surface area contributed by atoms with Gasteiger partial charge in [0.1, 0.15) is 12.0 Å². The maximum absolute atomic E-state index is 10.9. The predicted molar refractivity (Wildman–Crippen MR) is 60.8 cm³/mol. The van der Waals surface area contributed by atoms with Crippen LogP contribution < -0.4 is 4.90 Å². The number of carbonyl (C=O) groups is 1. The number of ether oxygens (including phenoxy) is 1. The summed E-state index contributed by atoms with van der Waals surface area (Å²) in [6, 6.07) is 2.91. The Hall–Kier alpha value is -2.18. The molecule has 92 valence electrons. The van der Waals surface area contributed by atoms with Crippen molar-refractivity contribution in [3.8, 4) is 0 Å². The highest BCUT2D eigenvalue weighted by Crippen LogP contribution is 2.14. The Morgan fingerprint density at radius 1 is 1.59 bits per heavy atom. The van der Waals surface area contributed by atoms with Crippen molar-refractivity contribution >= 4 is 17.5 Å². The van der Waals surface area contributed by atoms with Crippen LogP contribution in [-0.4, -0.2) is 36.6 Å². The molecular weight excluding hydrogens is 226 g/mol. The van der Waals surface area contributed by atoms with E-state index >= 15 is 0 Å². The number of aromatic nitrogens is 1. The van der Waals surface area contributed by atoms with Crippen molar-refractivity contribution in [2.75, 3.05) is 25.6 Å². The lowest BCUT2D eigenvalue weighted by molar-refractivity contribution is -0.385. The van der Waals surface area contributed by atoms with Gasteiger partial charge in [-0.15, -0.1) is 0 Å². The Bertz CT molecular complexity index is 405. The van der Waals surface area contributed by atoms with Gasteiger partial charge in [-0.05, 0) is 6.07 Å². The maximum Gasteiger partial charge on any atom is 0.307 e. The summed E-state index contributed by atoms with van der Waals surface area (Å²) in [7, 11) is 3.07. The fourth-order valence-corrected chi connectivity index (χ4v) is 1.19. The van der Waals surface area contributed by atoms with Crippen molar-refractivity contribution in [3.63, 3.8) is 0 Å². The van der Waals surface area contributed by atoms with Crippen LogP contribution in [0.25, 0.3) is 0 Å². The molecule has 0 radical (unpaired) electrons. The zero-order valence-electron chi connectivity index (χ0n) is 9.62. The van der Waals surface area contributed by atoms with Gasteiger partial charge in [0.25, 0.3) is 5.69 Å². The molecule has 0 unspecified atom stereocenters. The molecule has 0 aliphatic rings. The summed E-state index contributed by atoms with van der Waals surface area (Å²) in [4.78, 5) is 26.5. The van der Waals surface area contributed by atoms with Gasteiger partial charge in [-0.3, -0.25) is 14.9 Å². The third-order valence-electron chi connectivity index (χ3n) is 2.21. The van der Waals surface area contributed by atoms with Crippen LogP contribution in [0.3, 0.4) is 0 Å². The summed E-state index contributed by atoms with van der Waals surface area (Å²) >= 11 is 0. The van der Waals surface area contributed by atoms with Crippen LogP contribution in [0.1, 0.15) is 6.42 Å². The van der Waals surface area contributed by atoms with Gasteiger partial charge in [0.2, 0.25) is 0 Å². The van der Waals surface area contributed by atoms with Gasteiger partial charge in [-0.2, -0.15) is 0 Å². The topological polar surface area (TPSA) is 85.6 Å². The number of esters is 1. The van der Waals surface area contributed by atoms with Crippen LogP contribution in [0.4, 0.5) is 11.5 Å². The van der Waals surface area contributed by atoms with E-state index in [9.17, 15) is 14.9 Å². The van der Waals surface area contributed by atoms with E-state index in [4.69, 9.17) is 0 Å². The van der Waals surface area contributed by atoms with E-state index in [2.05, 4.69) is 9.72 Å². The van der Waals surface area contributed by atoms with Gasteiger partial charge >= 0.3 is 5.97 Å². The van der Waals surface area contributed by atoms with Crippen LogP contribution in [0.2, 0.25) is 0 Å². The zero-order chi connectivity index (χ0) is 12.8. The Balaban J connectivity index is 2.60. The molecule has 7 heteroatoms. The van der Waals surface area contributed by atoms with Gasteiger partial charge < -0.3 is 9.64 Å². The Kier molecular flexibility index (Phi) is 4.38. The van der Waals surface area contributed by atoms with Crippen molar-refractivity contribution in [2.24, 2.45) is 0 Å². The van der Waals surface area contributed by atoms with E-state index < -0.39 is 4.92 Å². The quantitative estimate of drug-likeness (QED) is 0.432. The van der Waals surface area contributed by atoms with Crippen LogP contribution in [0.5, 0.6) is 0 Å². The molecule has 7 nitrogen and oxygen atoms in total. The molecule has 0 aliphatic heterocycles. The fraction of sp³-hybridized carbons (Fsp3) is 0.400. The van der Waals surface area contributed by atoms with Crippen molar-refractivity contribution < 1.29 is 14.5 Å². The number of methoxy groups -OCH3 is 1. The average Bonchev–Trinajstić information content (AvgIpc) is 2.35. The molecule has 1 aromatic heterocycles. The van der Waals surface area contributed by atoms with E-state index in [1.807, 2.05) is 0 Å². The molecule has 0 fully saturated rings. The van der Waals surface area contributed by atoms with Crippen molar-refractivity contribution in [3.05, 3.63) is 28.4 Å². The summed E-state index contributed by atoms with van der Waals surface area (Å²) in [5, 5.41) is 10.4. The maximum atomic E-state index is 10.9. The molecule has 1 heterocycles. The molecule has 0 aromatic carbocycles. The van der Waals surface area contributed by atoms with E-state index in [-0.39, 0.29) is 18.1 Å². The number of hydrogen-bond donors (Lipinski definition) is 0. The molecular formula is C10H13N3O4. The third kappa shape index (κ3) is 3.71. The van der Waals surface area contributed by atoms with Crippen molar-refractivity contribution in [1.29, 1.82) is 0 Å². The molecule has 0 atom stereocenters. The summed E-state index contributed by atoms with van der Waals surface area (Å²) < 4.78 is 4.51. The molecule has 0 bridgehead atoms. The lowest BCUT2D eigenvalue weighted by Gasteiger charge is -2.16. The standard InChI is InChI=1S/C10H13N3O4/c1-12(6-5-10(14)17-2)9-4-3-8(7-11-9)13(15)16/h3-4,7H,5-6H2,1-2H3. The molecule has 0 amide bonds. The summed E-state index contributed by atoms with van der Waals surface area (Å²) in [5.74, 6) is 0.262. The van der Waals surface area contributed by atoms with E-state index in [0.717, 1.165) is 0 Å². The molecule has 0 saturated carbocycles. The second-order valence-corrected chi connectivity index (χ2v) is 3.38. The number of carbonyl (C=O) groups excluding carboxylic acids is 1. The largest absolute Gasteiger partial charge is 0.469 e. The van der Waals surface area contributed by atoms with Gasteiger partial charge in [0.15, 0.2) is 0 Å². The highest BCUT2D eigenvalue weighted by molar-refractivity contribution is 5.69. The molecule has 17 heavy (non-hydrogen) atoms.